The van der Waals surface area contributed by atoms with Gasteiger partial charge in [-0.2, -0.15) is 5.10 Å². The van der Waals surface area contributed by atoms with E-state index < -0.39 is 0 Å². The summed E-state index contributed by atoms with van der Waals surface area (Å²) in [4.78, 5) is 10.7. The number of hydrogen-bond donors (Lipinski definition) is 1. The zero-order valence-electron chi connectivity index (χ0n) is 13.8. The average molecular weight is 324 g/mol. The second-order valence-corrected chi connectivity index (χ2v) is 6.06. The zero-order valence-corrected chi connectivity index (χ0v) is 13.8. The fourth-order valence-corrected chi connectivity index (χ4v) is 2.91. The molecule has 0 aromatic heterocycles. The maximum Gasteiger partial charge on any atom is 0.269 e. The molecule has 2 aromatic rings. The Morgan fingerprint density at radius 3 is 2.71 bits per heavy atom. The van der Waals surface area contributed by atoms with E-state index in [1.807, 2.05) is 17.1 Å². The third-order valence-corrected chi connectivity index (χ3v) is 4.43. The Balaban J connectivity index is 2.01. The smallest absolute Gasteiger partial charge is 0.269 e. The number of aryl methyl sites for hydroxylation is 2. The zero-order chi connectivity index (χ0) is 17.3. The predicted octanol–water partition coefficient (Wildman–Crippen LogP) is 3.48. The van der Waals surface area contributed by atoms with Crippen LogP contribution < -0.4 is 10.7 Å². The van der Waals surface area contributed by atoms with E-state index >= 15 is 0 Å². The van der Waals surface area contributed by atoms with Gasteiger partial charge in [0.2, 0.25) is 0 Å². The second kappa shape index (κ2) is 6.41. The monoisotopic (exact) mass is 324 g/mol. The summed E-state index contributed by atoms with van der Waals surface area (Å²) in [6.45, 7) is 4.51. The fourth-order valence-electron chi connectivity index (χ4n) is 2.91. The molecular formula is C18H20N4O2. The van der Waals surface area contributed by atoms with Crippen molar-refractivity contribution in [3.05, 3.63) is 69.3 Å². The van der Waals surface area contributed by atoms with Gasteiger partial charge in [-0.3, -0.25) is 15.1 Å². The van der Waals surface area contributed by atoms with Gasteiger partial charge in [0.25, 0.3) is 5.69 Å². The Hall–Kier alpha value is -2.73. The lowest BCUT2D eigenvalue weighted by atomic mass is 10.0. The summed E-state index contributed by atoms with van der Waals surface area (Å²) >= 11 is 0. The summed E-state index contributed by atoms with van der Waals surface area (Å²) in [5.74, 6) is 0. The van der Waals surface area contributed by atoms with E-state index in [1.54, 1.807) is 12.1 Å². The van der Waals surface area contributed by atoms with Crippen molar-refractivity contribution in [1.29, 1.82) is 0 Å². The first-order chi connectivity index (χ1) is 11.5. The second-order valence-electron chi connectivity index (χ2n) is 6.06. The molecule has 0 fully saturated rings. The van der Waals surface area contributed by atoms with E-state index in [1.165, 1.54) is 17.2 Å². The Bertz CT molecular complexity index is 816. The molecule has 1 aliphatic heterocycles. The van der Waals surface area contributed by atoms with Crippen molar-refractivity contribution >= 4 is 17.1 Å². The molecule has 1 atom stereocenters. The predicted molar refractivity (Wildman–Crippen MR) is 95.3 cm³/mol. The third kappa shape index (κ3) is 3.00. The van der Waals surface area contributed by atoms with Gasteiger partial charge in [-0.25, -0.2) is 0 Å². The fraction of sp³-hybridized carbons (Fsp3) is 0.278. The molecule has 0 saturated heterocycles. The average Bonchev–Trinajstić information content (AvgIpc) is 3.02. The molecule has 2 N–H and O–H groups in total. The van der Waals surface area contributed by atoms with Crippen molar-refractivity contribution in [3.63, 3.8) is 0 Å². The van der Waals surface area contributed by atoms with Crippen molar-refractivity contribution < 1.29 is 4.92 Å². The van der Waals surface area contributed by atoms with Crippen LogP contribution >= 0.6 is 0 Å². The highest BCUT2D eigenvalue weighted by molar-refractivity contribution is 5.90. The van der Waals surface area contributed by atoms with Crippen LogP contribution in [0.1, 0.15) is 29.2 Å². The van der Waals surface area contributed by atoms with Gasteiger partial charge < -0.3 is 5.73 Å². The molecule has 124 valence electrons. The number of benzene rings is 2. The molecular weight excluding hydrogens is 304 g/mol. The van der Waals surface area contributed by atoms with Crippen molar-refractivity contribution in [1.82, 2.24) is 0 Å². The van der Waals surface area contributed by atoms with E-state index in [0.29, 0.717) is 13.0 Å². The number of rotatable bonds is 4. The van der Waals surface area contributed by atoms with E-state index in [9.17, 15) is 10.1 Å². The minimum atomic E-state index is -0.372. The summed E-state index contributed by atoms with van der Waals surface area (Å²) in [7, 11) is 0. The van der Waals surface area contributed by atoms with Gasteiger partial charge in [0.05, 0.1) is 22.4 Å². The molecule has 0 radical (unpaired) electrons. The number of nitro groups is 1. The van der Waals surface area contributed by atoms with Gasteiger partial charge >= 0.3 is 0 Å². The topological polar surface area (TPSA) is 84.8 Å². The van der Waals surface area contributed by atoms with Gasteiger partial charge in [0, 0.05) is 25.1 Å². The van der Waals surface area contributed by atoms with Gasteiger partial charge in [0.1, 0.15) is 0 Å². The molecule has 2 aromatic carbocycles. The molecule has 24 heavy (non-hydrogen) atoms. The molecule has 6 heteroatoms. The van der Waals surface area contributed by atoms with Crippen molar-refractivity contribution in [3.8, 4) is 0 Å². The van der Waals surface area contributed by atoms with Crippen LogP contribution in [0, 0.1) is 24.0 Å². The highest BCUT2D eigenvalue weighted by Gasteiger charge is 2.29. The maximum absolute atomic E-state index is 11.1. The first-order valence-electron chi connectivity index (χ1n) is 7.87. The van der Waals surface area contributed by atoms with Crippen LogP contribution in [0.5, 0.6) is 0 Å². The molecule has 0 aliphatic carbocycles. The van der Waals surface area contributed by atoms with Crippen molar-refractivity contribution in [2.24, 2.45) is 10.8 Å². The number of non-ortho nitro benzene ring substituents is 1. The Labute approximate surface area is 140 Å². The number of nitro benzene ring substituents is 1. The Morgan fingerprint density at radius 1 is 1.25 bits per heavy atom. The van der Waals surface area contributed by atoms with Gasteiger partial charge in [-0.15, -0.1) is 0 Å². The quantitative estimate of drug-likeness (QED) is 0.689. The van der Waals surface area contributed by atoms with E-state index in [4.69, 9.17) is 5.73 Å². The highest BCUT2D eigenvalue weighted by atomic mass is 16.6. The van der Waals surface area contributed by atoms with Crippen LogP contribution in [0.3, 0.4) is 0 Å². The lowest BCUT2D eigenvalue weighted by molar-refractivity contribution is -0.384. The molecule has 3 rings (SSSR count). The van der Waals surface area contributed by atoms with Crippen LogP contribution in [-0.4, -0.2) is 17.2 Å². The SMILES string of the molecule is Cc1ccc(N2N=C(CN)CC2c2cccc([N+](=O)[O-])c2)cc1C. The number of hydrazone groups is 1. The largest absolute Gasteiger partial charge is 0.325 e. The van der Waals surface area contributed by atoms with E-state index in [-0.39, 0.29) is 16.7 Å². The lowest BCUT2D eigenvalue weighted by Crippen LogP contribution is -2.19. The van der Waals surface area contributed by atoms with Gasteiger partial charge in [0.15, 0.2) is 0 Å². The number of hydrogen-bond acceptors (Lipinski definition) is 5. The number of nitrogens with zero attached hydrogens (tertiary/aromatic N) is 3. The maximum atomic E-state index is 11.1. The molecule has 1 heterocycles. The summed E-state index contributed by atoms with van der Waals surface area (Å²) in [5.41, 5.74) is 11.0. The summed E-state index contributed by atoms with van der Waals surface area (Å²) in [5, 5.41) is 17.6. The molecule has 0 saturated carbocycles. The number of anilines is 1. The van der Waals surface area contributed by atoms with Crippen LogP contribution in [0.4, 0.5) is 11.4 Å². The standard InChI is InChI=1S/C18H20N4O2/c1-12-6-7-16(8-13(12)2)21-18(10-15(11-19)20-21)14-4-3-5-17(9-14)22(23)24/h3-9,18H,10-11,19H2,1-2H3. The van der Waals surface area contributed by atoms with Crippen molar-refractivity contribution in [2.75, 3.05) is 11.6 Å². The highest BCUT2D eigenvalue weighted by Crippen LogP contribution is 2.36. The molecule has 0 bridgehead atoms. The first kappa shape index (κ1) is 16.1. The Morgan fingerprint density at radius 2 is 2.04 bits per heavy atom. The van der Waals surface area contributed by atoms with Crippen LogP contribution in [-0.2, 0) is 0 Å². The molecule has 0 spiro atoms. The van der Waals surface area contributed by atoms with Crippen LogP contribution in [0.25, 0.3) is 0 Å². The lowest BCUT2D eigenvalue weighted by Gasteiger charge is -2.24. The van der Waals surface area contributed by atoms with Gasteiger partial charge in [-0.05, 0) is 42.7 Å². The minimum Gasteiger partial charge on any atom is -0.325 e. The van der Waals surface area contributed by atoms with Crippen LogP contribution in [0.2, 0.25) is 0 Å². The van der Waals surface area contributed by atoms with E-state index in [2.05, 4.69) is 31.1 Å². The first-order valence-corrected chi connectivity index (χ1v) is 7.87. The normalized spacial score (nSPS) is 17.0. The van der Waals surface area contributed by atoms with E-state index in [0.717, 1.165) is 17.0 Å². The molecule has 0 amide bonds. The molecule has 1 aliphatic rings. The minimum absolute atomic E-state index is 0.0782. The van der Waals surface area contributed by atoms with Crippen LogP contribution in [0.15, 0.2) is 47.6 Å². The van der Waals surface area contributed by atoms with Crippen molar-refractivity contribution in [2.45, 2.75) is 26.3 Å². The number of nitrogens with two attached hydrogens (primary N) is 1. The third-order valence-electron chi connectivity index (χ3n) is 4.43. The summed E-state index contributed by atoms with van der Waals surface area (Å²) in [6, 6.07) is 12.8. The van der Waals surface area contributed by atoms with Gasteiger partial charge in [-0.1, -0.05) is 18.2 Å². The molecule has 1 unspecified atom stereocenters. The summed E-state index contributed by atoms with van der Waals surface area (Å²) < 4.78 is 0. The summed E-state index contributed by atoms with van der Waals surface area (Å²) in [6.07, 6.45) is 0.671. The Kier molecular flexibility index (Phi) is 4.31. The molecule has 6 nitrogen and oxygen atoms in total.